The third-order valence-electron chi connectivity index (χ3n) is 8.04. The van der Waals surface area contributed by atoms with E-state index in [4.69, 9.17) is 15.2 Å². The molecule has 0 bridgehead atoms. The second-order valence-electron chi connectivity index (χ2n) is 10.8. The van der Waals surface area contributed by atoms with Crippen LogP contribution in [0.4, 0.5) is 18.0 Å². The minimum Gasteiger partial charge on any atom is -0.454 e. The summed E-state index contributed by atoms with van der Waals surface area (Å²) in [4.78, 5) is 31.1. The summed E-state index contributed by atoms with van der Waals surface area (Å²) < 4.78 is 49.8. The zero-order valence-corrected chi connectivity index (χ0v) is 23.1. The molecular formula is C26H37F3N6O6. The van der Waals surface area contributed by atoms with Crippen LogP contribution < -0.4 is 16.4 Å². The van der Waals surface area contributed by atoms with E-state index in [1.54, 1.807) is 6.92 Å². The minimum atomic E-state index is -4.57. The molecule has 1 aromatic rings. The number of nitrogens with zero attached hydrogens (tertiary/aromatic N) is 3. The SMILES string of the molecule is CCCCCCNC(=O)OCC1N=C(N)N2C[C@H](OC(=O)c3ccc(C(F)(F)F)cc3)[C@](C)(O)C23C1NC(C)N3O. The normalized spacial score (nSPS) is 31.3. The Balaban J connectivity index is 1.51. The lowest BCUT2D eigenvalue weighted by molar-refractivity contribution is -0.265. The molecule has 41 heavy (non-hydrogen) atoms. The fourth-order valence-corrected chi connectivity index (χ4v) is 5.91. The van der Waals surface area contributed by atoms with E-state index in [1.165, 1.54) is 11.8 Å². The smallest absolute Gasteiger partial charge is 0.416 e. The summed E-state index contributed by atoms with van der Waals surface area (Å²) in [5.74, 6) is -1.05. The Bertz CT molecular complexity index is 1150. The van der Waals surface area contributed by atoms with Crippen molar-refractivity contribution in [3.8, 4) is 0 Å². The zero-order chi connectivity index (χ0) is 30.2. The van der Waals surface area contributed by atoms with E-state index in [0.29, 0.717) is 6.54 Å². The van der Waals surface area contributed by atoms with Crippen LogP contribution >= 0.6 is 0 Å². The summed E-state index contributed by atoms with van der Waals surface area (Å²) >= 11 is 0. The maximum Gasteiger partial charge on any atom is 0.416 e. The monoisotopic (exact) mass is 586 g/mol. The highest BCUT2D eigenvalue weighted by Crippen LogP contribution is 2.50. The van der Waals surface area contributed by atoms with E-state index in [9.17, 15) is 33.1 Å². The van der Waals surface area contributed by atoms with E-state index < -0.39 is 59.4 Å². The lowest BCUT2D eigenvalue weighted by atomic mass is 9.79. The Hall–Kier alpha value is -3.14. The molecule has 3 aliphatic rings. The Morgan fingerprint density at radius 3 is 2.56 bits per heavy atom. The number of rotatable bonds is 9. The molecule has 3 aliphatic heterocycles. The molecule has 4 rings (SSSR count). The van der Waals surface area contributed by atoms with Gasteiger partial charge in [-0.2, -0.15) is 13.2 Å². The molecule has 0 saturated carbocycles. The number of hydrogen-bond acceptors (Lipinski definition) is 11. The molecule has 2 saturated heterocycles. The first-order valence-electron chi connectivity index (χ1n) is 13.6. The highest BCUT2D eigenvalue weighted by atomic mass is 19.4. The number of halogens is 3. The topological polar surface area (TPSA) is 162 Å². The number of benzene rings is 1. The maximum atomic E-state index is 12.9. The van der Waals surface area contributed by atoms with Crippen molar-refractivity contribution in [1.82, 2.24) is 20.6 Å². The number of hydroxylamine groups is 2. The van der Waals surface area contributed by atoms with Gasteiger partial charge < -0.3 is 35.7 Å². The predicted molar refractivity (Wildman–Crippen MR) is 140 cm³/mol. The van der Waals surface area contributed by atoms with Gasteiger partial charge in [-0.3, -0.25) is 5.32 Å². The highest BCUT2D eigenvalue weighted by molar-refractivity contribution is 5.90. The first-order valence-corrected chi connectivity index (χ1v) is 13.6. The number of alkyl halides is 3. The molecule has 0 radical (unpaired) electrons. The van der Waals surface area contributed by atoms with Gasteiger partial charge in [-0.25, -0.2) is 14.6 Å². The van der Waals surface area contributed by atoms with Crippen molar-refractivity contribution >= 4 is 18.0 Å². The fraction of sp³-hybridized carbons (Fsp3) is 0.654. The van der Waals surface area contributed by atoms with Crippen molar-refractivity contribution in [3.05, 3.63) is 35.4 Å². The van der Waals surface area contributed by atoms with Crippen LogP contribution in [0.3, 0.4) is 0 Å². The zero-order valence-electron chi connectivity index (χ0n) is 23.1. The summed E-state index contributed by atoms with van der Waals surface area (Å²) in [5, 5.41) is 29.9. The van der Waals surface area contributed by atoms with E-state index >= 15 is 0 Å². The second-order valence-corrected chi connectivity index (χ2v) is 10.8. The Kier molecular flexibility index (Phi) is 8.73. The van der Waals surface area contributed by atoms with Gasteiger partial charge in [0.15, 0.2) is 17.7 Å². The van der Waals surface area contributed by atoms with Crippen LogP contribution in [0.1, 0.15) is 62.4 Å². The van der Waals surface area contributed by atoms with Gasteiger partial charge in [-0.1, -0.05) is 26.2 Å². The van der Waals surface area contributed by atoms with E-state index in [-0.39, 0.29) is 24.7 Å². The molecule has 0 aromatic heterocycles. The molecule has 3 heterocycles. The number of nitrogens with one attached hydrogen (secondary N) is 2. The molecule has 6 atom stereocenters. The summed E-state index contributed by atoms with van der Waals surface area (Å²) in [6.45, 7) is 5.15. The van der Waals surface area contributed by atoms with Gasteiger partial charge >= 0.3 is 18.2 Å². The van der Waals surface area contributed by atoms with Gasteiger partial charge in [0, 0.05) is 6.54 Å². The summed E-state index contributed by atoms with van der Waals surface area (Å²) in [5.41, 5.74) is 1.54. The van der Waals surface area contributed by atoms with E-state index in [2.05, 4.69) is 22.5 Å². The van der Waals surface area contributed by atoms with E-state index in [0.717, 1.165) is 55.0 Å². The number of carbonyl (C=O) groups excluding carboxylic acids is 2. The number of hydrogen-bond donors (Lipinski definition) is 5. The molecule has 0 aliphatic carbocycles. The number of guanidine groups is 1. The average Bonchev–Trinajstić information content (AvgIpc) is 3.32. The standard InChI is InChI=1S/C26H37F3N6O6/c1-4-5-6-7-12-31-23(37)40-14-18-20-25(35(39)15(2)32-20)24(3,38)19(13-34(25)22(30)33-18)41-21(36)16-8-10-17(11-9-16)26(27,28)29/h8-11,15,18-20,32,38-39H,4-7,12-14H2,1-3H3,(H2,30,33)(H,31,37)/t15?,18?,19-,20?,24-,25?/m0/s1. The van der Waals surface area contributed by atoms with Gasteiger partial charge in [-0.15, -0.1) is 5.06 Å². The van der Waals surface area contributed by atoms with Gasteiger partial charge in [0.25, 0.3) is 0 Å². The molecular weight excluding hydrogens is 549 g/mol. The Morgan fingerprint density at radius 1 is 1.24 bits per heavy atom. The van der Waals surface area contributed by atoms with Gasteiger partial charge in [0.05, 0.1) is 29.9 Å². The summed E-state index contributed by atoms with van der Waals surface area (Å²) in [7, 11) is 0. The largest absolute Gasteiger partial charge is 0.454 e. The Morgan fingerprint density at radius 2 is 1.93 bits per heavy atom. The number of unbranched alkanes of at least 4 members (excludes halogenated alkanes) is 3. The van der Waals surface area contributed by atoms with Crippen molar-refractivity contribution < 1.29 is 42.5 Å². The quantitative estimate of drug-likeness (QED) is 0.214. The van der Waals surface area contributed by atoms with Gasteiger partial charge in [-0.05, 0) is 44.5 Å². The highest BCUT2D eigenvalue weighted by Gasteiger charge is 2.75. The average molecular weight is 587 g/mol. The molecule has 1 amide bonds. The van der Waals surface area contributed by atoms with Crippen LogP contribution in [0.25, 0.3) is 0 Å². The van der Waals surface area contributed by atoms with Crippen LogP contribution in [-0.2, 0) is 15.7 Å². The Labute approximate surface area is 235 Å². The third kappa shape index (κ3) is 5.55. The van der Waals surface area contributed by atoms with Crippen molar-refractivity contribution in [1.29, 1.82) is 0 Å². The van der Waals surface area contributed by atoms with Crippen molar-refractivity contribution in [2.45, 2.75) is 88.2 Å². The summed E-state index contributed by atoms with van der Waals surface area (Å²) in [6.07, 6.45) is -3.28. The van der Waals surface area contributed by atoms with Crippen LogP contribution in [-0.4, -0.2) is 93.6 Å². The van der Waals surface area contributed by atoms with Gasteiger partial charge in [0.1, 0.15) is 18.2 Å². The molecule has 15 heteroatoms. The van der Waals surface area contributed by atoms with Crippen LogP contribution in [0, 0.1) is 0 Å². The van der Waals surface area contributed by atoms with E-state index in [1.807, 2.05) is 0 Å². The molecule has 1 aromatic carbocycles. The first-order chi connectivity index (χ1) is 19.2. The van der Waals surface area contributed by atoms with Gasteiger partial charge in [0.2, 0.25) is 0 Å². The van der Waals surface area contributed by atoms with Crippen LogP contribution in [0.5, 0.6) is 0 Å². The van der Waals surface area contributed by atoms with Crippen molar-refractivity contribution in [2.24, 2.45) is 10.7 Å². The van der Waals surface area contributed by atoms with Crippen LogP contribution in [0.15, 0.2) is 29.3 Å². The minimum absolute atomic E-state index is 0.0851. The lowest BCUT2D eigenvalue weighted by Gasteiger charge is -2.52. The maximum absolute atomic E-state index is 12.9. The molecule has 6 N–H and O–H groups in total. The second kappa shape index (κ2) is 11.6. The number of nitrogens with two attached hydrogens (primary N) is 1. The van der Waals surface area contributed by atoms with Crippen molar-refractivity contribution in [2.75, 3.05) is 19.7 Å². The fourth-order valence-electron chi connectivity index (χ4n) is 5.91. The number of aliphatic imine (C=N–C) groups is 1. The number of carbonyl (C=O) groups is 2. The number of ether oxygens (including phenoxy) is 2. The lowest BCUT2D eigenvalue weighted by Crippen LogP contribution is -2.76. The third-order valence-corrected chi connectivity index (χ3v) is 8.04. The first kappa shape index (κ1) is 30.8. The van der Waals surface area contributed by atoms with Crippen LogP contribution in [0.2, 0.25) is 0 Å². The number of alkyl carbamates (subject to hydrolysis) is 1. The number of aliphatic hydroxyl groups is 1. The molecule has 1 spiro atoms. The summed E-state index contributed by atoms with van der Waals surface area (Å²) in [6, 6.07) is 1.83. The molecule has 228 valence electrons. The van der Waals surface area contributed by atoms with Crippen molar-refractivity contribution in [3.63, 3.8) is 0 Å². The predicted octanol–water partition coefficient (Wildman–Crippen LogP) is 2.01. The number of esters is 1. The molecule has 12 nitrogen and oxygen atoms in total. The number of amides is 1. The molecule has 4 unspecified atom stereocenters. The molecule has 2 fully saturated rings.